The van der Waals surface area contributed by atoms with E-state index in [-0.39, 0.29) is 12.5 Å². The predicted molar refractivity (Wildman–Crippen MR) is 93.6 cm³/mol. The van der Waals surface area contributed by atoms with Crippen molar-refractivity contribution < 1.29 is 27.8 Å². The van der Waals surface area contributed by atoms with E-state index in [1.54, 1.807) is 0 Å². The van der Waals surface area contributed by atoms with Crippen LogP contribution in [0.2, 0.25) is 0 Å². The molecule has 0 aliphatic carbocycles. The van der Waals surface area contributed by atoms with Gasteiger partial charge in [-0.3, -0.25) is 4.79 Å². The van der Waals surface area contributed by atoms with Gasteiger partial charge in [0.05, 0.1) is 13.0 Å². The number of fused-ring (bicyclic) bond motifs is 1. The number of para-hydroxylation sites is 1. The molecule has 0 saturated carbocycles. The number of hydrogen-bond donors (Lipinski definition) is 2. The van der Waals surface area contributed by atoms with Gasteiger partial charge < -0.3 is 15.2 Å². The van der Waals surface area contributed by atoms with Crippen molar-refractivity contribution >= 4 is 17.2 Å². The lowest BCUT2D eigenvalue weighted by Gasteiger charge is -2.29. The SMILES string of the molecule is Cc1csc([C@](O)(CC(=O)NC[C@H]2COc3ccccc3C2)C(F)(F)F)n1. The molecule has 9 heteroatoms. The lowest BCUT2D eigenvalue weighted by molar-refractivity contribution is -0.267. The Labute approximate surface area is 158 Å². The number of hydrogen-bond acceptors (Lipinski definition) is 5. The lowest BCUT2D eigenvalue weighted by atomic mass is 9.96. The molecule has 146 valence electrons. The number of carbonyl (C=O) groups excluding carboxylic acids is 1. The number of aliphatic hydroxyl groups is 1. The number of amides is 1. The van der Waals surface area contributed by atoms with Gasteiger partial charge in [-0.2, -0.15) is 13.2 Å². The fourth-order valence-electron chi connectivity index (χ4n) is 2.92. The molecule has 2 atom stereocenters. The van der Waals surface area contributed by atoms with Crippen LogP contribution < -0.4 is 10.1 Å². The van der Waals surface area contributed by atoms with E-state index in [2.05, 4.69) is 10.3 Å². The van der Waals surface area contributed by atoms with E-state index in [9.17, 15) is 23.1 Å². The molecule has 0 spiro atoms. The summed E-state index contributed by atoms with van der Waals surface area (Å²) < 4.78 is 45.9. The Morgan fingerprint density at radius 3 is 2.81 bits per heavy atom. The third-order valence-electron chi connectivity index (χ3n) is 4.40. The molecule has 1 amide bonds. The molecule has 0 unspecified atom stereocenters. The zero-order chi connectivity index (χ0) is 19.7. The minimum atomic E-state index is -5.01. The summed E-state index contributed by atoms with van der Waals surface area (Å²) in [6, 6.07) is 7.50. The highest BCUT2D eigenvalue weighted by molar-refractivity contribution is 7.09. The number of nitrogens with one attached hydrogen (secondary N) is 1. The number of halogens is 3. The summed E-state index contributed by atoms with van der Waals surface area (Å²) >= 11 is 0.683. The standard InChI is InChI=1S/C18H19F3N2O3S/c1-11-10-27-16(23-11)17(25,18(19,20)21)7-15(24)22-8-12-6-13-4-2-3-5-14(13)26-9-12/h2-5,10,12,25H,6-9H2,1H3,(H,22,24)/t12-,17+/m0/s1. The molecule has 1 aliphatic rings. The van der Waals surface area contributed by atoms with Gasteiger partial charge in [-0.1, -0.05) is 18.2 Å². The van der Waals surface area contributed by atoms with Crippen LogP contribution >= 0.6 is 11.3 Å². The topological polar surface area (TPSA) is 71.5 Å². The second-order valence-electron chi connectivity index (χ2n) is 6.62. The average molecular weight is 400 g/mol. The van der Waals surface area contributed by atoms with Crippen molar-refractivity contribution in [3.63, 3.8) is 0 Å². The van der Waals surface area contributed by atoms with Crippen molar-refractivity contribution in [2.45, 2.75) is 31.5 Å². The number of aromatic nitrogens is 1. The van der Waals surface area contributed by atoms with Crippen LogP contribution in [0.4, 0.5) is 13.2 Å². The largest absolute Gasteiger partial charge is 0.493 e. The fourth-order valence-corrected chi connectivity index (χ4v) is 3.83. The summed E-state index contributed by atoms with van der Waals surface area (Å²) in [7, 11) is 0. The Kier molecular flexibility index (Phi) is 5.43. The van der Waals surface area contributed by atoms with Gasteiger partial charge in [0.15, 0.2) is 0 Å². The second-order valence-corrected chi connectivity index (χ2v) is 7.48. The lowest BCUT2D eigenvalue weighted by Crippen LogP contribution is -2.47. The Morgan fingerprint density at radius 1 is 1.41 bits per heavy atom. The number of nitrogens with zero attached hydrogens (tertiary/aromatic N) is 1. The molecule has 2 heterocycles. The molecular weight excluding hydrogens is 381 g/mol. The quantitative estimate of drug-likeness (QED) is 0.810. The maximum Gasteiger partial charge on any atom is 0.424 e. The molecule has 1 aromatic heterocycles. The summed E-state index contributed by atoms with van der Waals surface area (Å²) in [6.07, 6.45) is -5.49. The van der Waals surface area contributed by atoms with Gasteiger partial charge in [0, 0.05) is 23.5 Å². The van der Waals surface area contributed by atoms with Gasteiger partial charge in [-0.05, 0) is 25.0 Å². The van der Waals surface area contributed by atoms with Crippen LogP contribution in [-0.4, -0.2) is 35.3 Å². The summed E-state index contributed by atoms with van der Waals surface area (Å²) in [5, 5.41) is 13.6. The molecular formula is C18H19F3N2O3S. The first-order chi connectivity index (χ1) is 12.7. The molecule has 1 aromatic carbocycles. The smallest absolute Gasteiger partial charge is 0.424 e. The maximum atomic E-state index is 13.4. The first-order valence-electron chi connectivity index (χ1n) is 8.38. The molecule has 0 fully saturated rings. The second kappa shape index (κ2) is 7.47. The molecule has 27 heavy (non-hydrogen) atoms. The molecule has 0 radical (unpaired) electrons. The zero-order valence-corrected chi connectivity index (χ0v) is 15.4. The first kappa shape index (κ1) is 19.6. The normalized spacial score (nSPS) is 18.9. The molecule has 2 N–H and O–H groups in total. The zero-order valence-electron chi connectivity index (χ0n) is 14.5. The monoisotopic (exact) mass is 400 g/mol. The fraction of sp³-hybridized carbons (Fsp3) is 0.444. The number of aryl methyl sites for hydroxylation is 1. The Morgan fingerprint density at radius 2 is 2.15 bits per heavy atom. The van der Waals surface area contributed by atoms with Crippen LogP contribution in [0.25, 0.3) is 0 Å². The van der Waals surface area contributed by atoms with Crippen molar-refractivity contribution in [2.75, 3.05) is 13.2 Å². The minimum absolute atomic E-state index is 0.0510. The molecule has 1 aliphatic heterocycles. The van der Waals surface area contributed by atoms with E-state index in [0.29, 0.717) is 30.1 Å². The van der Waals surface area contributed by atoms with Crippen molar-refractivity contribution in [3.05, 3.63) is 45.9 Å². The summed E-state index contributed by atoms with van der Waals surface area (Å²) in [6.45, 7) is 2.06. The van der Waals surface area contributed by atoms with Crippen molar-refractivity contribution in [3.8, 4) is 5.75 Å². The average Bonchev–Trinajstić information content (AvgIpc) is 3.05. The molecule has 2 aromatic rings. The number of alkyl halides is 3. The van der Waals surface area contributed by atoms with Gasteiger partial charge in [0.2, 0.25) is 11.5 Å². The third kappa shape index (κ3) is 4.24. The van der Waals surface area contributed by atoms with Crippen LogP contribution in [0.15, 0.2) is 29.6 Å². The Bertz CT molecular complexity index is 824. The Balaban J connectivity index is 1.62. The van der Waals surface area contributed by atoms with E-state index in [1.165, 1.54) is 12.3 Å². The van der Waals surface area contributed by atoms with Gasteiger partial charge in [0.25, 0.3) is 0 Å². The summed E-state index contributed by atoms with van der Waals surface area (Å²) in [5.74, 6) is -0.155. The minimum Gasteiger partial charge on any atom is -0.493 e. The van der Waals surface area contributed by atoms with E-state index in [1.807, 2.05) is 24.3 Å². The first-order valence-corrected chi connectivity index (χ1v) is 9.26. The number of ether oxygens (including phenoxy) is 1. The summed E-state index contributed by atoms with van der Waals surface area (Å²) in [5.41, 5.74) is -1.95. The maximum absolute atomic E-state index is 13.4. The third-order valence-corrected chi connectivity index (χ3v) is 5.51. The van der Waals surface area contributed by atoms with Crippen molar-refractivity contribution in [1.82, 2.24) is 10.3 Å². The predicted octanol–water partition coefficient (Wildman–Crippen LogP) is 2.96. The molecule has 5 nitrogen and oxygen atoms in total. The van der Waals surface area contributed by atoms with Crippen LogP contribution in [0, 0.1) is 12.8 Å². The van der Waals surface area contributed by atoms with E-state index >= 15 is 0 Å². The highest BCUT2D eigenvalue weighted by Gasteiger charge is 2.58. The van der Waals surface area contributed by atoms with Crippen LogP contribution in [0.5, 0.6) is 5.75 Å². The number of rotatable bonds is 5. The molecule has 0 saturated heterocycles. The molecule has 3 rings (SSSR count). The Hall–Kier alpha value is -2.13. The van der Waals surface area contributed by atoms with E-state index in [0.717, 1.165) is 11.3 Å². The van der Waals surface area contributed by atoms with Crippen LogP contribution in [0.3, 0.4) is 0 Å². The van der Waals surface area contributed by atoms with Gasteiger partial charge in [-0.25, -0.2) is 4.98 Å². The highest BCUT2D eigenvalue weighted by Crippen LogP contribution is 2.42. The van der Waals surface area contributed by atoms with Gasteiger partial charge >= 0.3 is 6.18 Å². The van der Waals surface area contributed by atoms with Gasteiger partial charge in [0.1, 0.15) is 10.8 Å². The van der Waals surface area contributed by atoms with E-state index < -0.39 is 29.1 Å². The number of thiazole rings is 1. The summed E-state index contributed by atoms with van der Waals surface area (Å²) in [4.78, 5) is 15.9. The van der Waals surface area contributed by atoms with Gasteiger partial charge in [-0.15, -0.1) is 11.3 Å². The van der Waals surface area contributed by atoms with Crippen LogP contribution in [-0.2, 0) is 16.8 Å². The number of carbonyl (C=O) groups is 1. The van der Waals surface area contributed by atoms with E-state index in [4.69, 9.17) is 4.74 Å². The highest BCUT2D eigenvalue weighted by atomic mass is 32.1. The molecule has 0 bridgehead atoms. The van der Waals surface area contributed by atoms with Crippen molar-refractivity contribution in [2.24, 2.45) is 5.92 Å². The van der Waals surface area contributed by atoms with Crippen LogP contribution in [0.1, 0.15) is 22.7 Å². The van der Waals surface area contributed by atoms with Crippen molar-refractivity contribution in [1.29, 1.82) is 0 Å². The number of benzene rings is 1.